The molecule has 0 radical (unpaired) electrons. The number of hydrogen-bond acceptors (Lipinski definition) is 2. The summed E-state index contributed by atoms with van der Waals surface area (Å²) in [5, 5.41) is 2.74. The van der Waals surface area contributed by atoms with E-state index in [1.807, 2.05) is 0 Å². The van der Waals surface area contributed by atoms with Gasteiger partial charge in [-0.3, -0.25) is 4.79 Å². The van der Waals surface area contributed by atoms with E-state index in [0.717, 1.165) is 25.9 Å². The number of nitrogens with zero attached hydrogens (tertiary/aromatic N) is 1. The Hall–Kier alpha value is -0.570. The van der Waals surface area contributed by atoms with Gasteiger partial charge in [0.2, 0.25) is 5.91 Å². The highest BCUT2D eigenvalue weighted by Crippen LogP contribution is 2.19. The molecule has 1 fully saturated rings. The zero-order valence-electron chi connectivity index (χ0n) is 9.55. The third-order valence-corrected chi connectivity index (χ3v) is 3.36. The van der Waals surface area contributed by atoms with E-state index in [4.69, 9.17) is 0 Å². The van der Waals surface area contributed by atoms with Crippen LogP contribution in [0, 0.1) is 5.92 Å². The highest BCUT2D eigenvalue weighted by Gasteiger charge is 2.25. The molecule has 0 bridgehead atoms. The maximum Gasteiger partial charge on any atom is 0.222 e. The monoisotopic (exact) mass is 198 g/mol. The predicted molar refractivity (Wildman–Crippen MR) is 58.1 cm³/mol. The minimum atomic E-state index is 0.216. The van der Waals surface area contributed by atoms with Gasteiger partial charge in [0.05, 0.1) is 0 Å². The lowest BCUT2D eigenvalue weighted by Crippen LogP contribution is -2.43. The van der Waals surface area contributed by atoms with Crippen molar-refractivity contribution in [1.82, 2.24) is 10.2 Å². The lowest BCUT2D eigenvalue weighted by atomic mass is 9.95. The van der Waals surface area contributed by atoms with E-state index in [0.29, 0.717) is 6.04 Å². The summed E-state index contributed by atoms with van der Waals surface area (Å²) in [7, 11) is 1.73. The van der Waals surface area contributed by atoms with Crippen LogP contribution in [-0.4, -0.2) is 37.0 Å². The van der Waals surface area contributed by atoms with Gasteiger partial charge in [-0.2, -0.15) is 0 Å². The fraction of sp³-hybridized carbons (Fsp3) is 0.909. The van der Waals surface area contributed by atoms with E-state index in [9.17, 15) is 4.79 Å². The Kier molecular flexibility index (Phi) is 4.39. The van der Waals surface area contributed by atoms with Crippen molar-refractivity contribution in [3.8, 4) is 0 Å². The standard InChI is InChI=1S/C11H22N2O/c1-4-9(2)13-7-5-10(6-8-13)11(14)12-3/h9-10H,4-8H2,1-3H3,(H,12,14). The van der Waals surface area contributed by atoms with Gasteiger partial charge in [-0.15, -0.1) is 0 Å². The Balaban J connectivity index is 2.34. The summed E-state index contributed by atoms with van der Waals surface area (Å²) >= 11 is 0. The Labute approximate surface area is 86.9 Å². The first-order chi connectivity index (χ1) is 6.69. The normalized spacial score (nSPS) is 21.9. The van der Waals surface area contributed by atoms with Gasteiger partial charge in [0.25, 0.3) is 0 Å². The van der Waals surface area contributed by atoms with Crippen molar-refractivity contribution in [2.75, 3.05) is 20.1 Å². The van der Waals surface area contributed by atoms with E-state index in [1.165, 1.54) is 6.42 Å². The first kappa shape index (κ1) is 11.5. The molecular weight excluding hydrogens is 176 g/mol. The van der Waals surface area contributed by atoms with Gasteiger partial charge in [-0.1, -0.05) is 6.92 Å². The number of piperidine rings is 1. The number of carbonyl (C=O) groups is 1. The van der Waals surface area contributed by atoms with Crippen LogP contribution < -0.4 is 5.32 Å². The number of likely N-dealkylation sites (tertiary alicyclic amines) is 1. The molecule has 1 heterocycles. The fourth-order valence-electron chi connectivity index (χ4n) is 2.06. The van der Waals surface area contributed by atoms with Crippen molar-refractivity contribution in [3.63, 3.8) is 0 Å². The minimum Gasteiger partial charge on any atom is -0.359 e. The van der Waals surface area contributed by atoms with Gasteiger partial charge < -0.3 is 10.2 Å². The van der Waals surface area contributed by atoms with Gasteiger partial charge in [-0.05, 0) is 39.3 Å². The summed E-state index contributed by atoms with van der Waals surface area (Å²) in [5.41, 5.74) is 0. The van der Waals surface area contributed by atoms with E-state index in [-0.39, 0.29) is 11.8 Å². The van der Waals surface area contributed by atoms with Crippen LogP contribution in [0.4, 0.5) is 0 Å². The van der Waals surface area contributed by atoms with Crippen LogP contribution in [0.3, 0.4) is 0 Å². The molecule has 0 aliphatic carbocycles. The van der Waals surface area contributed by atoms with Gasteiger partial charge in [0.15, 0.2) is 0 Å². The molecule has 0 aromatic rings. The SMILES string of the molecule is CCC(C)N1CCC(C(=O)NC)CC1. The van der Waals surface area contributed by atoms with E-state index < -0.39 is 0 Å². The first-order valence-corrected chi connectivity index (χ1v) is 5.64. The molecule has 0 spiro atoms. The second-order valence-electron chi connectivity index (χ2n) is 4.18. The number of carbonyl (C=O) groups excluding carboxylic acids is 1. The molecule has 3 heteroatoms. The predicted octanol–water partition coefficient (Wildman–Crippen LogP) is 1.24. The Morgan fingerprint density at radius 1 is 1.50 bits per heavy atom. The number of amides is 1. The fourth-order valence-corrected chi connectivity index (χ4v) is 2.06. The number of nitrogens with one attached hydrogen (secondary N) is 1. The molecular formula is C11H22N2O. The van der Waals surface area contributed by atoms with Crippen LogP contribution in [0.2, 0.25) is 0 Å². The molecule has 1 N–H and O–H groups in total. The maximum atomic E-state index is 11.4. The zero-order chi connectivity index (χ0) is 10.6. The molecule has 1 saturated heterocycles. The first-order valence-electron chi connectivity index (χ1n) is 5.64. The van der Waals surface area contributed by atoms with Crippen LogP contribution in [0.25, 0.3) is 0 Å². The lowest BCUT2D eigenvalue weighted by molar-refractivity contribution is -0.126. The number of hydrogen-bond donors (Lipinski definition) is 1. The van der Waals surface area contributed by atoms with Crippen LogP contribution in [0.15, 0.2) is 0 Å². The molecule has 14 heavy (non-hydrogen) atoms. The number of rotatable bonds is 3. The summed E-state index contributed by atoms with van der Waals surface area (Å²) < 4.78 is 0. The van der Waals surface area contributed by atoms with Gasteiger partial charge in [-0.25, -0.2) is 0 Å². The largest absolute Gasteiger partial charge is 0.359 e. The summed E-state index contributed by atoms with van der Waals surface area (Å²) in [5.74, 6) is 0.467. The van der Waals surface area contributed by atoms with E-state index >= 15 is 0 Å². The average Bonchev–Trinajstić information content (AvgIpc) is 2.27. The average molecular weight is 198 g/mol. The summed E-state index contributed by atoms with van der Waals surface area (Å²) in [6.07, 6.45) is 3.23. The molecule has 1 amide bonds. The Morgan fingerprint density at radius 3 is 2.50 bits per heavy atom. The van der Waals surface area contributed by atoms with Crippen molar-refractivity contribution >= 4 is 5.91 Å². The Morgan fingerprint density at radius 2 is 2.07 bits per heavy atom. The smallest absolute Gasteiger partial charge is 0.222 e. The summed E-state index contributed by atoms with van der Waals surface area (Å²) in [6, 6.07) is 0.667. The quantitative estimate of drug-likeness (QED) is 0.740. The van der Waals surface area contributed by atoms with Crippen LogP contribution in [-0.2, 0) is 4.79 Å². The van der Waals surface area contributed by atoms with Crippen molar-refractivity contribution in [3.05, 3.63) is 0 Å². The second kappa shape index (κ2) is 5.35. The topological polar surface area (TPSA) is 32.3 Å². The molecule has 0 aromatic carbocycles. The summed E-state index contributed by atoms with van der Waals surface area (Å²) in [4.78, 5) is 13.9. The van der Waals surface area contributed by atoms with Crippen molar-refractivity contribution in [2.24, 2.45) is 5.92 Å². The van der Waals surface area contributed by atoms with E-state index in [2.05, 4.69) is 24.1 Å². The molecule has 82 valence electrons. The summed E-state index contributed by atoms with van der Waals surface area (Å²) in [6.45, 7) is 6.63. The van der Waals surface area contributed by atoms with Gasteiger partial charge >= 0.3 is 0 Å². The third kappa shape index (κ3) is 2.71. The van der Waals surface area contributed by atoms with Crippen molar-refractivity contribution in [2.45, 2.75) is 39.2 Å². The highest BCUT2D eigenvalue weighted by molar-refractivity contribution is 5.78. The van der Waals surface area contributed by atoms with Crippen LogP contribution >= 0.6 is 0 Å². The molecule has 1 unspecified atom stereocenters. The molecule has 0 aromatic heterocycles. The van der Waals surface area contributed by atoms with Gasteiger partial charge in [0.1, 0.15) is 0 Å². The highest BCUT2D eigenvalue weighted by atomic mass is 16.1. The molecule has 0 saturated carbocycles. The van der Waals surface area contributed by atoms with Crippen LogP contribution in [0.1, 0.15) is 33.1 Å². The third-order valence-electron chi connectivity index (χ3n) is 3.36. The van der Waals surface area contributed by atoms with Gasteiger partial charge in [0, 0.05) is 19.0 Å². The molecule has 1 aliphatic heterocycles. The van der Waals surface area contributed by atoms with Crippen molar-refractivity contribution in [1.29, 1.82) is 0 Å². The minimum absolute atomic E-state index is 0.216. The second-order valence-corrected chi connectivity index (χ2v) is 4.18. The van der Waals surface area contributed by atoms with Crippen LogP contribution in [0.5, 0.6) is 0 Å². The van der Waals surface area contributed by atoms with E-state index in [1.54, 1.807) is 7.05 Å². The molecule has 1 rings (SSSR count). The van der Waals surface area contributed by atoms with Crippen molar-refractivity contribution < 1.29 is 4.79 Å². The maximum absolute atomic E-state index is 11.4. The molecule has 3 nitrogen and oxygen atoms in total. The molecule has 1 aliphatic rings. The molecule has 1 atom stereocenters. The zero-order valence-corrected chi connectivity index (χ0v) is 9.55. The Bertz CT molecular complexity index is 186. The lowest BCUT2D eigenvalue weighted by Gasteiger charge is -2.34.